The van der Waals surface area contributed by atoms with Gasteiger partial charge in [0.05, 0.1) is 5.69 Å². The molecule has 0 radical (unpaired) electrons. The molecular formula is C18H22N4O2. The van der Waals surface area contributed by atoms with E-state index in [-0.39, 0.29) is 5.91 Å². The van der Waals surface area contributed by atoms with Crippen molar-refractivity contribution in [1.29, 1.82) is 0 Å². The summed E-state index contributed by atoms with van der Waals surface area (Å²) < 4.78 is 5.88. The van der Waals surface area contributed by atoms with Gasteiger partial charge in [-0.05, 0) is 36.1 Å². The van der Waals surface area contributed by atoms with Crippen LogP contribution in [0.4, 0.5) is 5.82 Å². The zero-order valence-corrected chi connectivity index (χ0v) is 13.9. The van der Waals surface area contributed by atoms with E-state index in [1.165, 1.54) is 6.42 Å². The highest BCUT2D eigenvalue weighted by Crippen LogP contribution is 2.47. The SMILES string of the molecule is C[C@H]1C[C@H]1c1ccc(CCC(=O)N2CCc3nnc(N)cc3C2)o1. The molecule has 1 aliphatic heterocycles. The molecule has 0 unspecified atom stereocenters. The third kappa shape index (κ3) is 3.00. The smallest absolute Gasteiger partial charge is 0.223 e. The zero-order valence-electron chi connectivity index (χ0n) is 13.9. The number of anilines is 1. The molecule has 0 spiro atoms. The Bertz CT molecular complexity index is 770. The third-order valence-corrected chi connectivity index (χ3v) is 5.05. The second-order valence-electron chi connectivity index (χ2n) is 6.93. The number of fused-ring (bicyclic) bond motifs is 1. The van der Waals surface area contributed by atoms with Crippen LogP contribution in [0.5, 0.6) is 0 Å². The van der Waals surface area contributed by atoms with Crippen LogP contribution in [0.2, 0.25) is 0 Å². The summed E-state index contributed by atoms with van der Waals surface area (Å²) in [7, 11) is 0. The standard InChI is InChI=1S/C18H22N4O2/c1-11-8-14(11)16-4-2-13(24-16)3-5-18(23)22-7-6-15-12(10-22)9-17(19)21-20-15/h2,4,9,11,14H,3,5-8,10H2,1H3,(H2,19,21)/t11-,14+/m0/s1. The minimum absolute atomic E-state index is 0.147. The van der Waals surface area contributed by atoms with Crippen LogP contribution in [0.25, 0.3) is 0 Å². The Hall–Kier alpha value is -2.37. The highest BCUT2D eigenvalue weighted by atomic mass is 16.3. The summed E-state index contributed by atoms with van der Waals surface area (Å²) in [5, 5.41) is 7.99. The summed E-state index contributed by atoms with van der Waals surface area (Å²) in [5.74, 6) is 3.85. The molecule has 0 bridgehead atoms. The van der Waals surface area contributed by atoms with Crippen LogP contribution in [-0.4, -0.2) is 27.5 Å². The number of nitrogen functional groups attached to an aromatic ring is 1. The monoisotopic (exact) mass is 326 g/mol. The molecule has 2 aromatic rings. The lowest BCUT2D eigenvalue weighted by Crippen LogP contribution is -2.36. The van der Waals surface area contributed by atoms with E-state index in [0.717, 1.165) is 35.1 Å². The number of carbonyl (C=O) groups is 1. The second-order valence-corrected chi connectivity index (χ2v) is 6.93. The summed E-state index contributed by atoms with van der Waals surface area (Å²) in [4.78, 5) is 14.4. The van der Waals surface area contributed by atoms with E-state index in [1.807, 2.05) is 17.0 Å². The van der Waals surface area contributed by atoms with Gasteiger partial charge in [0.2, 0.25) is 5.91 Å². The first kappa shape index (κ1) is 15.2. The third-order valence-electron chi connectivity index (χ3n) is 5.05. The number of aromatic nitrogens is 2. The number of nitrogens with two attached hydrogens (primary N) is 1. The maximum atomic E-state index is 12.5. The Morgan fingerprint density at radius 3 is 3.04 bits per heavy atom. The minimum atomic E-state index is 0.147. The molecule has 3 heterocycles. The molecule has 126 valence electrons. The molecule has 0 saturated heterocycles. The van der Waals surface area contributed by atoms with Crippen LogP contribution in [0, 0.1) is 5.92 Å². The van der Waals surface area contributed by atoms with Crippen LogP contribution in [-0.2, 0) is 24.2 Å². The van der Waals surface area contributed by atoms with Crippen LogP contribution in [0.1, 0.15) is 48.5 Å². The van der Waals surface area contributed by atoms with Crippen molar-refractivity contribution in [2.24, 2.45) is 5.92 Å². The number of aryl methyl sites for hydroxylation is 1. The lowest BCUT2D eigenvalue weighted by atomic mass is 10.1. The molecule has 2 atom stereocenters. The first-order chi connectivity index (χ1) is 11.6. The molecule has 6 nitrogen and oxygen atoms in total. The van der Waals surface area contributed by atoms with Gasteiger partial charge in [-0.25, -0.2) is 0 Å². The van der Waals surface area contributed by atoms with E-state index >= 15 is 0 Å². The van der Waals surface area contributed by atoms with Crippen LogP contribution < -0.4 is 5.73 Å². The quantitative estimate of drug-likeness (QED) is 0.932. The maximum absolute atomic E-state index is 12.5. The fourth-order valence-corrected chi connectivity index (χ4v) is 3.39. The highest BCUT2D eigenvalue weighted by molar-refractivity contribution is 5.76. The largest absolute Gasteiger partial charge is 0.466 e. The summed E-state index contributed by atoms with van der Waals surface area (Å²) in [6.07, 6.45) is 3.07. The van der Waals surface area contributed by atoms with E-state index < -0.39 is 0 Å². The number of carbonyl (C=O) groups excluding carboxylic acids is 1. The van der Waals surface area contributed by atoms with E-state index in [4.69, 9.17) is 10.2 Å². The van der Waals surface area contributed by atoms with Gasteiger partial charge in [-0.3, -0.25) is 4.79 Å². The van der Waals surface area contributed by atoms with Crippen LogP contribution >= 0.6 is 0 Å². The van der Waals surface area contributed by atoms with Gasteiger partial charge < -0.3 is 15.1 Å². The molecule has 1 amide bonds. The van der Waals surface area contributed by atoms with E-state index in [0.29, 0.717) is 37.7 Å². The Balaban J connectivity index is 1.34. The van der Waals surface area contributed by atoms with Crippen molar-refractivity contribution in [3.8, 4) is 0 Å². The Morgan fingerprint density at radius 1 is 1.42 bits per heavy atom. The normalized spacial score (nSPS) is 22.3. The molecule has 1 aliphatic carbocycles. The number of furan rings is 1. The molecular weight excluding hydrogens is 304 g/mol. The van der Waals surface area contributed by atoms with Crippen LogP contribution in [0.15, 0.2) is 22.6 Å². The van der Waals surface area contributed by atoms with E-state index in [2.05, 4.69) is 23.2 Å². The number of hydrogen-bond acceptors (Lipinski definition) is 5. The van der Waals surface area contributed by atoms with Gasteiger partial charge in [-0.15, -0.1) is 5.10 Å². The van der Waals surface area contributed by atoms with Gasteiger partial charge in [-0.1, -0.05) is 6.92 Å². The summed E-state index contributed by atoms with van der Waals surface area (Å²) in [5.41, 5.74) is 7.64. The van der Waals surface area contributed by atoms with Crippen molar-refractivity contribution in [2.45, 2.75) is 45.1 Å². The van der Waals surface area contributed by atoms with Crippen molar-refractivity contribution in [2.75, 3.05) is 12.3 Å². The maximum Gasteiger partial charge on any atom is 0.223 e. The number of hydrogen-bond donors (Lipinski definition) is 1. The van der Waals surface area contributed by atoms with Gasteiger partial charge in [-0.2, -0.15) is 5.10 Å². The van der Waals surface area contributed by atoms with Gasteiger partial charge in [0.1, 0.15) is 17.3 Å². The number of rotatable bonds is 4. The average molecular weight is 326 g/mol. The molecule has 2 aliphatic rings. The van der Waals surface area contributed by atoms with Gasteiger partial charge in [0.15, 0.2) is 0 Å². The molecule has 2 N–H and O–H groups in total. The summed E-state index contributed by atoms with van der Waals surface area (Å²) in [6, 6.07) is 5.89. The number of amides is 1. The molecule has 1 fully saturated rings. The lowest BCUT2D eigenvalue weighted by Gasteiger charge is -2.28. The topological polar surface area (TPSA) is 85.2 Å². The Kier molecular flexibility index (Phi) is 3.75. The first-order valence-electron chi connectivity index (χ1n) is 8.57. The summed E-state index contributed by atoms with van der Waals surface area (Å²) in [6.45, 7) is 3.49. The molecule has 1 saturated carbocycles. The van der Waals surface area contributed by atoms with E-state index in [1.54, 1.807) is 0 Å². The predicted molar refractivity (Wildman–Crippen MR) is 89.1 cm³/mol. The Morgan fingerprint density at radius 2 is 2.25 bits per heavy atom. The lowest BCUT2D eigenvalue weighted by molar-refractivity contribution is -0.132. The first-order valence-corrected chi connectivity index (χ1v) is 8.57. The van der Waals surface area contributed by atoms with Crippen molar-refractivity contribution >= 4 is 11.7 Å². The average Bonchev–Trinajstić information content (AvgIpc) is 3.12. The molecule has 2 aromatic heterocycles. The van der Waals surface area contributed by atoms with Gasteiger partial charge >= 0.3 is 0 Å². The molecule has 6 heteroatoms. The van der Waals surface area contributed by atoms with E-state index in [9.17, 15) is 4.79 Å². The fourth-order valence-electron chi connectivity index (χ4n) is 3.39. The second kappa shape index (κ2) is 5.92. The van der Waals surface area contributed by atoms with Gasteiger partial charge in [0, 0.05) is 38.3 Å². The van der Waals surface area contributed by atoms with Crippen molar-refractivity contribution < 1.29 is 9.21 Å². The van der Waals surface area contributed by atoms with Crippen molar-refractivity contribution in [1.82, 2.24) is 15.1 Å². The Labute approximate surface area is 141 Å². The van der Waals surface area contributed by atoms with Gasteiger partial charge in [0.25, 0.3) is 0 Å². The fraction of sp³-hybridized carbons (Fsp3) is 0.500. The summed E-state index contributed by atoms with van der Waals surface area (Å²) >= 11 is 0. The molecule has 24 heavy (non-hydrogen) atoms. The predicted octanol–water partition coefficient (Wildman–Crippen LogP) is 2.29. The number of nitrogens with zero attached hydrogens (tertiary/aromatic N) is 3. The van der Waals surface area contributed by atoms with Crippen LogP contribution in [0.3, 0.4) is 0 Å². The highest BCUT2D eigenvalue weighted by Gasteiger charge is 2.36. The molecule has 4 rings (SSSR count). The van der Waals surface area contributed by atoms with Crippen molar-refractivity contribution in [3.63, 3.8) is 0 Å². The minimum Gasteiger partial charge on any atom is -0.466 e. The zero-order chi connectivity index (χ0) is 16.7. The van der Waals surface area contributed by atoms with Crippen molar-refractivity contribution in [3.05, 3.63) is 41.0 Å². The molecule has 0 aromatic carbocycles.